The minimum absolute atomic E-state index is 0.643. The van der Waals surface area contributed by atoms with Crippen LogP contribution in [0.1, 0.15) is 20.8 Å². The Kier molecular flexibility index (Phi) is 12.2. The van der Waals surface area contributed by atoms with E-state index >= 15 is 0 Å². The Hall–Kier alpha value is -0.160. The average molecular weight is 247 g/mol. The molecule has 1 unspecified atom stereocenters. The number of methoxy groups -OCH3 is 1. The lowest BCUT2D eigenvalue weighted by Gasteiger charge is -2.16. The predicted molar refractivity (Wildman–Crippen MR) is 70.4 cm³/mol. The largest absolute Gasteiger partial charge is 0.382 e. The van der Waals surface area contributed by atoms with Crippen molar-refractivity contribution in [2.45, 2.75) is 20.8 Å². The van der Waals surface area contributed by atoms with Crippen LogP contribution in [0.4, 0.5) is 0 Å². The summed E-state index contributed by atoms with van der Waals surface area (Å²) in [5, 5.41) is 3.39. The maximum Gasteiger partial charge on any atom is 0.0701 e. The lowest BCUT2D eigenvalue weighted by atomic mass is 9.98. The first-order chi connectivity index (χ1) is 8.18. The van der Waals surface area contributed by atoms with Gasteiger partial charge in [0.25, 0.3) is 0 Å². The minimum atomic E-state index is 0.643. The summed E-state index contributed by atoms with van der Waals surface area (Å²) in [7, 11) is 1.67. The van der Waals surface area contributed by atoms with Crippen molar-refractivity contribution in [2.24, 2.45) is 11.8 Å². The molecule has 0 spiro atoms. The van der Waals surface area contributed by atoms with Gasteiger partial charge >= 0.3 is 0 Å². The first-order valence-corrected chi connectivity index (χ1v) is 6.53. The van der Waals surface area contributed by atoms with Crippen LogP contribution in [0.5, 0.6) is 0 Å². The lowest BCUT2D eigenvalue weighted by molar-refractivity contribution is 0.0254. The zero-order valence-corrected chi connectivity index (χ0v) is 11.8. The van der Waals surface area contributed by atoms with Crippen LogP contribution in [0.2, 0.25) is 0 Å². The Labute approximate surface area is 106 Å². The van der Waals surface area contributed by atoms with Gasteiger partial charge in [0, 0.05) is 13.7 Å². The Morgan fingerprint density at radius 3 is 2.06 bits per heavy atom. The van der Waals surface area contributed by atoms with Crippen LogP contribution in [-0.2, 0) is 14.2 Å². The van der Waals surface area contributed by atoms with Crippen LogP contribution in [0.15, 0.2) is 0 Å². The van der Waals surface area contributed by atoms with Crippen molar-refractivity contribution in [3.63, 3.8) is 0 Å². The van der Waals surface area contributed by atoms with Crippen molar-refractivity contribution in [3.05, 3.63) is 0 Å². The van der Waals surface area contributed by atoms with Crippen LogP contribution < -0.4 is 5.32 Å². The SMILES string of the molecule is COCCOCCOCCNCC(C)C(C)C. The molecule has 1 atom stereocenters. The van der Waals surface area contributed by atoms with Crippen molar-refractivity contribution in [2.75, 3.05) is 53.2 Å². The molecule has 0 aliphatic carbocycles. The van der Waals surface area contributed by atoms with E-state index in [1.165, 1.54) is 0 Å². The molecule has 4 heteroatoms. The summed E-state index contributed by atoms with van der Waals surface area (Å²) in [6.07, 6.45) is 0. The molecule has 104 valence electrons. The summed E-state index contributed by atoms with van der Waals surface area (Å²) < 4.78 is 15.6. The number of hydrogen-bond acceptors (Lipinski definition) is 4. The molecule has 0 amide bonds. The van der Waals surface area contributed by atoms with Gasteiger partial charge in [0.15, 0.2) is 0 Å². The van der Waals surface area contributed by atoms with Crippen LogP contribution in [0.25, 0.3) is 0 Å². The molecule has 4 nitrogen and oxygen atoms in total. The van der Waals surface area contributed by atoms with Crippen LogP contribution in [-0.4, -0.2) is 53.2 Å². The van der Waals surface area contributed by atoms with Crippen molar-refractivity contribution in [3.8, 4) is 0 Å². The normalized spacial score (nSPS) is 13.2. The molecule has 0 rings (SSSR count). The third-order valence-electron chi connectivity index (χ3n) is 2.83. The van der Waals surface area contributed by atoms with Crippen LogP contribution in [0.3, 0.4) is 0 Å². The summed E-state index contributed by atoms with van der Waals surface area (Å²) in [6.45, 7) is 12.1. The highest BCUT2D eigenvalue weighted by Gasteiger charge is 2.05. The molecule has 0 aliphatic heterocycles. The average Bonchev–Trinajstić information content (AvgIpc) is 2.31. The number of rotatable bonds is 12. The molecule has 0 radical (unpaired) electrons. The highest BCUT2D eigenvalue weighted by Crippen LogP contribution is 2.06. The fraction of sp³-hybridized carbons (Fsp3) is 1.00. The Morgan fingerprint density at radius 2 is 1.47 bits per heavy atom. The van der Waals surface area contributed by atoms with Gasteiger partial charge in [-0.05, 0) is 18.4 Å². The Balaban J connectivity index is 3.03. The summed E-state index contributed by atoms with van der Waals surface area (Å²) in [6, 6.07) is 0. The molecule has 0 saturated heterocycles. The topological polar surface area (TPSA) is 39.7 Å². The van der Waals surface area contributed by atoms with E-state index in [9.17, 15) is 0 Å². The fourth-order valence-electron chi connectivity index (χ4n) is 1.17. The van der Waals surface area contributed by atoms with Gasteiger partial charge in [-0.1, -0.05) is 20.8 Å². The van der Waals surface area contributed by atoms with Gasteiger partial charge in [0.05, 0.1) is 33.0 Å². The second kappa shape index (κ2) is 12.3. The van der Waals surface area contributed by atoms with Crippen LogP contribution >= 0.6 is 0 Å². The van der Waals surface area contributed by atoms with E-state index in [0.717, 1.165) is 25.6 Å². The number of ether oxygens (including phenoxy) is 3. The molecule has 0 aromatic rings. The third kappa shape index (κ3) is 12.1. The number of nitrogens with one attached hydrogen (secondary N) is 1. The summed E-state index contributed by atoms with van der Waals surface area (Å²) in [5.74, 6) is 1.45. The highest BCUT2D eigenvalue weighted by atomic mass is 16.5. The van der Waals surface area contributed by atoms with Crippen molar-refractivity contribution in [1.29, 1.82) is 0 Å². The highest BCUT2D eigenvalue weighted by molar-refractivity contribution is 4.59. The second-order valence-corrected chi connectivity index (χ2v) is 4.64. The van der Waals surface area contributed by atoms with Gasteiger partial charge in [-0.25, -0.2) is 0 Å². The predicted octanol–water partition coefficient (Wildman–Crippen LogP) is 1.55. The Bertz CT molecular complexity index is 154. The van der Waals surface area contributed by atoms with E-state index in [4.69, 9.17) is 14.2 Å². The van der Waals surface area contributed by atoms with Crippen molar-refractivity contribution < 1.29 is 14.2 Å². The molecule has 0 saturated carbocycles. The quantitative estimate of drug-likeness (QED) is 0.531. The van der Waals surface area contributed by atoms with E-state index in [2.05, 4.69) is 26.1 Å². The molecular weight excluding hydrogens is 218 g/mol. The van der Waals surface area contributed by atoms with E-state index in [1.54, 1.807) is 7.11 Å². The summed E-state index contributed by atoms with van der Waals surface area (Å²) in [5.41, 5.74) is 0. The minimum Gasteiger partial charge on any atom is -0.382 e. The van der Waals surface area contributed by atoms with E-state index in [1.807, 2.05) is 0 Å². The molecular formula is C13H29NO3. The van der Waals surface area contributed by atoms with Crippen LogP contribution in [0, 0.1) is 11.8 Å². The first kappa shape index (κ1) is 16.8. The lowest BCUT2D eigenvalue weighted by Crippen LogP contribution is -2.27. The molecule has 0 aromatic carbocycles. The van der Waals surface area contributed by atoms with E-state index in [-0.39, 0.29) is 0 Å². The van der Waals surface area contributed by atoms with Gasteiger partial charge in [-0.2, -0.15) is 0 Å². The maximum absolute atomic E-state index is 5.43. The summed E-state index contributed by atoms with van der Waals surface area (Å²) in [4.78, 5) is 0. The molecule has 0 aliphatic rings. The maximum atomic E-state index is 5.43. The van der Waals surface area contributed by atoms with Gasteiger partial charge in [-0.3, -0.25) is 0 Å². The molecule has 0 aromatic heterocycles. The first-order valence-electron chi connectivity index (χ1n) is 6.53. The van der Waals surface area contributed by atoms with E-state index in [0.29, 0.717) is 32.3 Å². The van der Waals surface area contributed by atoms with Gasteiger partial charge in [0.2, 0.25) is 0 Å². The van der Waals surface area contributed by atoms with E-state index < -0.39 is 0 Å². The smallest absolute Gasteiger partial charge is 0.0701 e. The molecule has 0 bridgehead atoms. The molecule has 17 heavy (non-hydrogen) atoms. The molecule has 1 N–H and O–H groups in total. The fourth-order valence-corrected chi connectivity index (χ4v) is 1.17. The number of hydrogen-bond donors (Lipinski definition) is 1. The molecule has 0 heterocycles. The Morgan fingerprint density at radius 1 is 0.882 bits per heavy atom. The standard InChI is InChI=1S/C13H29NO3/c1-12(2)13(3)11-14-5-6-16-9-10-17-8-7-15-4/h12-14H,5-11H2,1-4H3. The van der Waals surface area contributed by atoms with Crippen molar-refractivity contribution >= 4 is 0 Å². The third-order valence-corrected chi connectivity index (χ3v) is 2.83. The zero-order chi connectivity index (χ0) is 12.9. The molecule has 0 fully saturated rings. The monoisotopic (exact) mass is 247 g/mol. The van der Waals surface area contributed by atoms with Crippen molar-refractivity contribution in [1.82, 2.24) is 5.32 Å². The van der Waals surface area contributed by atoms with Gasteiger partial charge in [-0.15, -0.1) is 0 Å². The van der Waals surface area contributed by atoms with Gasteiger partial charge < -0.3 is 19.5 Å². The summed E-state index contributed by atoms with van der Waals surface area (Å²) >= 11 is 0. The second-order valence-electron chi connectivity index (χ2n) is 4.64. The van der Waals surface area contributed by atoms with Gasteiger partial charge in [0.1, 0.15) is 0 Å². The zero-order valence-electron chi connectivity index (χ0n) is 11.8.